The van der Waals surface area contributed by atoms with Gasteiger partial charge in [-0.25, -0.2) is 4.39 Å². The molecule has 0 spiro atoms. The number of likely N-dealkylation sites (tertiary alicyclic amines) is 1. The Morgan fingerprint density at radius 2 is 1.76 bits per heavy atom. The Hall–Kier alpha value is -1.91. The highest BCUT2D eigenvalue weighted by molar-refractivity contribution is 5.47. The number of fused-ring (bicyclic) bond motifs is 4. The highest BCUT2D eigenvalue weighted by Crippen LogP contribution is 2.43. The summed E-state index contributed by atoms with van der Waals surface area (Å²) in [5, 5.41) is 0. The highest BCUT2D eigenvalue weighted by atomic mass is 19.1. The summed E-state index contributed by atoms with van der Waals surface area (Å²) in [6, 6.07) is 14.7. The molecule has 2 bridgehead atoms. The smallest absolute Gasteiger partial charge is 0.132 e. The molecule has 0 aliphatic carbocycles. The molecule has 5 rings (SSSR count). The summed E-state index contributed by atoms with van der Waals surface area (Å²) >= 11 is 0. The molecule has 0 amide bonds. The van der Waals surface area contributed by atoms with Crippen molar-refractivity contribution in [2.24, 2.45) is 0 Å². The Balaban J connectivity index is 1.56. The summed E-state index contributed by atoms with van der Waals surface area (Å²) in [5.41, 5.74) is 2.19. The first-order valence-electron chi connectivity index (χ1n) is 9.20. The Labute approximate surface area is 148 Å². The van der Waals surface area contributed by atoms with Crippen molar-refractivity contribution in [2.75, 3.05) is 20.1 Å². The van der Waals surface area contributed by atoms with Crippen molar-refractivity contribution in [1.29, 1.82) is 0 Å². The topological polar surface area (TPSA) is 15.7 Å². The van der Waals surface area contributed by atoms with Crippen LogP contribution in [0.1, 0.15) is 30.0 Å². The average Bonchev–Trinajstić information content (AvgIpc) is 2.81. The lowest BCUT2D eigenvalue weighted by Crippen LogP contribution is -2.53. The minimum atomic E-state index is -0.189. The van der Waals surface area contributed by atoms with E-state index in [4.69, 9.17) is 4.74 Å². The van der Waals surface area contributed by atoms with E-state index in [1.165, 1.54) is 24.5 Å². The number of halogens is 1. The summed E-state index contributed by atoms with van der Waals surface area (Å²) in [6.45, 7) is 2.16. The third-order valence-electron chi connectivity index (χ3n) is 6.25. The van der Waals surface area contributed by atoms with Crippen LogP contribution in [-0.4, -0.2) is 42.0 Å². The minimum absolute atomic E-state index is 0.189. The van der Waals surface area contributed by atoms with Gasteiger partial charge in [0.25, 0.3) is 0 Å². The van der Waals surface area contributed by atoms with Crippen LogP contribution in [0.4, 0.5) is 4.39 Å². The second kappa shape index (κ2) is 5.82. The molecule has 0 radical (unpaired) electrons. The molecule has 3 aliphatic heterocycles. The zero-order chi connectivity index (χ0) is 17.0. The van der Waals surface area contributed by atoms with Crippen molar-refractivity contribution in [3.05, 3.63) is 59.4 Å². The number of likely N-dealkylation sites (N-methyl/N-ethyl adjacent to an activating group) is 1. The number of rotatable bonds is 1. The first kappa shape index (κ1) is 15.4. The number of piperazine rings is 1. The number of nitrogens with zero attached hydrogens (tertiary/aromatic N) is 2. The molecular formula is C21H23FN2O. The lowest BCUT2D eigenvalue weighted by Gasteiger charge is -2.42. The molecular weight excluding hydrogens is 315 g/mol. The third-order valence-corrected chi connectivity index (χ3v) is 6.25. The molecule has 2 aromatic rings. The molecule has 3 unspecified atom stereocenters. The molecule has 3 heterocycles. The zero-order valence-corrected chi connectivity index (χ0v) is 14.5. The Morgan fingerprint density at radius 3 is 2.56 bits per heavy atom. The van der Waals surface area contributed by atoms with Crippen molar-refractivity contribution >= 4 is 0 Å². The fourth-order valence-electron chi connectivity index (χ4n) is 4.82. The maximum absolute atomic E-state index is 13.8. The van der Waals surface area contributed by atoms with Gasteiger partial charge < -0.3 is 4.74 Å². The van der Waals surface area contributed by atoms with Gasteiger partial charge in [-0.3, -0.25) is 9.80 Å². The Kier molecular flexibility index (Phi) is 3.57. The van der Waals surface area contributed by atoms with Gasteiger partial charge in [-0.15, -0.1) is 0 Å². The predicted octanol–water partition coefficient (Wildman–Crippen LogP) is 3.99. The summed E-state index contributed by atoms with van der Waals surface area (Å²) in [7, 11) is 2.26. The lowest BCUT2D eigenvalue weighted by molar-refractivity contribution is 0.0573. The molecule has 130 valence electrons. The fraction of sp³-hybridized carbons (Fsp3) is 0.429. The van der Waals surface area contributed by atoms with Crippen LogP contribution in [-0.2, 0) is 6.42 Å². The van der Waals surface area contributed by atoms with Gasteiger partial charge in [-0.05, 0) is 56.1 Å². The van der Waals surface area contributed by atoms with Gasteiger partial charge in [0.2, 0.25) is 0 Å². The maximum atomic E-state index is 13.8. The largest absolute Gasteiger partial charge is 0.457 e. The van der Waals surface area contributed by atoms with Crippen LogP contribution in [0.15, 0.2) is 42.5 Å². The monoisotopic (exact) mass is 338 g/mol. The van der Waals surface area contributed by atoms with E-state index in [0.29, 0.717) is 12.1 Å². The first-order valence-corrected chi connectivity index (χ1v) is 9.20. The Morgan fingerprint density at radius 1 is 1.00 bits per heavy atom. The van der Waals surface area contributed by atoms with E-state index in [1.807, 2.05) is 12.1 Å². The van der Waals surface area contributed by atoms with Crippen LogP contribution in [0.2, 0.25) is 0 Å². The van der Waals surface area contributed by atoms with E-state index in [2.05, 4.69) is 29.0 Å². The number of hydrogen-bond acceptors (Lipinski definition) is 3. The van der Waals surface area contributed by atoms with Gasteiger partial charge >= 0.3 is 0 Å². The first-order chi connectivity index (χ1) is 12.2. The second-order valence-electron chi connectivity index (χ2n) is 7.62. The molecule has 3 aliphatic rings. The second-order valence-corrected chi connectivity index (χ2v) is 7.62. The van der Waals surface area contributed by atoms with Crippen molar-refractivity contribution in [2.45, 2.75) is 37.4 Å². The summed E-state index contributed by atoms with van der Waals surface area (Å²) < 4.78 is 20.0. The molecule has 3 atom stereocenters. The van der Waals surface area contributed by atoms with Gasteiger partial charge in [0.15, 0.2) is 0 Å². The van der Waals surface area contributed by atoms with Gasteiger partial charge in [0.05, 0.1) is 0 Å². The van der Waals surface area contributed by atoms with Crippen LogP contribution in [0, 0.1) is 5.82 Å². The van der Waals surface area contributed by atoms with Crippen LogP contribution in [0.25, 0.3) is 0 Å². The fourth-order valence-corrected chi connectivity index (χ4v) is 4.82. The van der Waals surface area contributed by atoms with Crippen LogP contribution in [0.5, 0.6) is 11.5 Å². The quantitative estimate of drug-likeness (QED) is 0.782. The van der Waals surface area contributed by atoms with E-state index >= 15 is 0 Å². The molecule has 2 fully saturated rings. The van der Waals surface area contributed by atoms with Gasteiger partial charge in [0.1, 0.15) is 17.3 Å². The molecule has 0 aromatic heterocycles. The predicted molar refractivity (Wildman–Crippen MR) is 95.5 cm³/mol. The number of para-hydroxylation sites is 1. The number of hydrogen-bond donors (Lipinski definition) is 0. The summed E-state index contributed by atoms with van der Waals surface area (Å²) in [6.07, 6.45) is 3.37. The molecule has 3 nitrogen and oxygen atoms in total. The SMILES string of the molecule is CN1C2CCC1CN(C1Cc3cc(F)ccc3Oc3ccccc31)C2. The average molecular weight is 338 g/mol. The summed E-state index contributed by atoms with van der Waals surface area (Å²) in [5.74, 6) is 1.50. The lowest BCUT2D eigenvalue weighted by atomic mass is 9.96. The zero-order valence-electron chi connectivity index (χ0n) is 14.5. The highest BCUT2D eigenvalue weighted by Gasteiger charge is 2.41. The van der Waals surface area contributed by atoms with Crippen molar-refractivity contribution in [3.63, 3.8) is 0 Å². The van der Waals surface area contributed by atoms with E-state index < -0.39 is 0 Å². The molecule has 2 saturated heterocycles. The standard InChI is InChI=1S/C21H23FN2O/c1-23-16-7-8-17(23)13-24(12-16)19-11-14-10-15(22)6-9-20(14)25-21-5-3-2-4-18(19)21/h2-6,9-10,16-17,19H,7-8,11-13H2,1H3. The van der Waals surface area contributed by atoms with E-state index in [0.717, 1.165) is 36.6 Å². The van der Waals surface area contributed by atoms with Gasteiger partial charge in [-0.1, -0.05) is 18.2 Å². The van der Waals surface area contributed by atoms with Crippen LogP contribution in [0.3, 0.4) is 0 Å². The number of ether oxygens (including phenoxy) is 1. The maximum Gasteiger partial charge on any atom is 0.132 e. The molecule has 2 aromatic carbocycles. The molecule has 4 heteroatoms. The minimum Gasteiger partial charge on any atom is -0.457 e. The molecule has 0 saturated carbocycles. The van der Waals surface area contributed by atoms with E-state index in [9.17, 15) is 4.39 Å². The molecule has 25 heavy (non-hydrogen) atoms. The van der Waals surface area contributed by atoms with Gasteiger partial charge in [-0.2, -0.15) is 0 Å². The van der Waals surface area contributed by atoms with Crippen molar-refractivity contribution in [3.8, 4) is 11.5 Å². The van der Waals surface area contributed by atoms with Gasteiger partial charge in [0, 0.05) is 36.8 Å². The van der Waals surface area contributed by atoms with Crippen molar-refractivity contribution in [1.82, 2.24) is 9.80 Å². The van der Waals surface area contributed by atoms with Crippen molar-refractivity contribution < 1.29 is 9.13 Å². The summed E-state index contributed by atoms with van der Waals surface area (Å²) in [4.78, 5) is 5.15. The van der Waals surface area contributed by atoms with E-state index in [-0.39, 0.29) is 11.9 Å². The molecule has 0 N–H and O–H groups in total. The van der Waals surface area contributed by atoms with E-state index in [1.54, 1.807) is 12.1 Å². The normalized spacial score (nSPS) is 28.8. The Bertz CT molecular complexity index is 794. The number of benzene rings is 2. The van der Waals surface area contributed by atoms with Crippen LogP contribution >= 0.6 is 0 Å². The van der Waals surface area contributed by atoms with Crippen LogP contribution < -0.4 is 4.74 Å². The third kappa shape index (κ3) is 2.55.